The molecular weight excluding hydrogens is 311 g/mol. The highest BCUT2D eigenvalue weighted by atomic mass is 127. The van der Waals surface area contributed by atoms with Crippen LogP contribution in [0.25, 0.3) is 0 Å². The number of ketones is 1. The fraction of sp³-hybridized carbons (Fsp3) is 0.500. The van der Waals surface area contributed by atoms with Crippen LogP contribution in [0, 0.1) is 9.49 Å². The number of Topliss-reactive ketones (excluding diaryl/α,β-unsaturated/α-hetero) is 1. The van der Waals surface area contributed by atoms with Crippen LogP contribution in [-0.2, 0) is 11.2 Å². The van der Waals surface area contributed by atoms with Crippen LogP contribution in [0.1, 0.15) is 37.7 Å². The maximum absolute atomic E-state index is 11.9. The summed E-state index contributed by atoms with van der Waals surface area (Å²) in [5.74, 6) is 0.763. The van der Waals surface area contributed by atoms with Crippen molar-refractivity contribution in [3.05, 3.63) is 33.4 Å². The fourth-order valence-corrected chi connectivity index (χ4v) is 2.71. The fourth-order valence-electron chi connectivity index (χ4n) is 2.35. The second kappa shape index (κ2) is 5.80. The van der Waals surface area contributed by atoms with Crippen LogP contribution in [0.4, 0.5) is 0 Å². The lowest BCUT2D eigenvalue weighted by atomic mass is 9.91. The molecule has 1 nitrogen and oxygen atoms in total. The van der Waals surface area contributed by atoms with Crippen molar-refractivity contribution in [2.75, 3.05) is 0 Å². The maximum Gasteiger partial charge on any atom is 0.136 e. The molecule has 2 rings (SSSR count). The molecule has 1 aromatic rings. The van der Waals surface area contributed by atoms with E-state index in [4.69, 9.17) is 0 Å². The highest BCUT2D eigenvalue weighted by Gasteiger charge is 2.20. The van der Waals surface area contributed by atoms with E-state index in [1.165, 1.54) is 22.0 Å². The van der Waals surface area contributed by atoms with Gasteiger partial charge < -0.3 is 0 Å². The first-order chi connectivity index (χ1) is 7.75. The van der Waals surface area contributed by atoms with Gasteiger partial charge in [0, 0.05) is 15.9 Å². The second-order valence-electron chi connectivity index (χ2n) is 4.59. The molecule has 1 atom stereocenters. The van der Waals surface area contributed by atoms with Crippen LogP contribution in [0.15, 0.2) is 24.3 Å². The average molecular weight is 328 g/mol. The van der Waals surface area contributed by atoms with Crippen LogP contribution < -0.4 is 0 Å². The van der Waals surface area contributed by atoms with Crippen molar-refractivity contribution in [2.45, 2.75) is 38.5 Å². The number of hydrogen-bond acceptors (Lipinski definition) is 1. The SMILES string of the molecule is O=C1CCCCCC1Cc1ccc(I)cc1. The van der Waals surface area contributed by atoms with Crippen molar-refractivity contribution in [3.63, 3.8) is 0 Å². The predicted molar refractivity (Wildman–Crippen MR) is 74.4 cm³/mol. The van der Waals surface area contributed by atoms with Gasteiger partial charge in [0.1, 0.15) is 5.78 Å². The largest absolute Gasteiger partial charge is 0.299 e. The Hall–Kier alpha value is -0.380. The normalized spacial score (nSPS) is 21.8. The van der Waals surface area contributed by atoms with Crippen molar-refractivity contribution in [2.24, 2.45) is 5.92 Å². The number of rotatable bonds is 2. The van der Waals surface area contributed by atoms with Crippen molar-refractivity contribution < 1.29 is 4.79 Å². The van der Waals surface area contributed by atoms with Gasteiger partial charge in [-0.2, -0.15) is 0 Å². The van der Waals surface area contributed by atoms with Crippen LogP contribution in [-0.4, -0.2) is 5.78 Å². The lowest BCUT2D eigenvalue weighted by Crippen LogP contribution is -2.15. The molecule has 1 saturated carbocycles. The standard InChI is InChI=1S/C14H17IO/c15-13-8-6-11(7-9-13)10-12-4-2-1-3-5-14(12)16/h6-9,12H,1-5,10H2. The minimum absolute atomic E-state index is 0.280. The van der Waals surface area contributed by atoms with E-state index in [0.717, 1.165) is 25.7 Å². The van der Waals surface area contributed by atoms with Gasteiger partial charge in [0.05, 0.1) is 0 Å². The molecule has 0 aromatic heterocycles. The van der Waals surface area contributed by atoms with Gasteiger partial charge >= 0.3 is 0 Å². The number of carbonyl (C=O) groups is 1. The molecule has 2 heteroatoms. The Bertz CT molecular complexity index is 356. The van der Waals surface area contributed by atoms with E-state index in [2.05, 4.69) is 46.9 Å². The molecule has 0 heterocycles. The Morgan fingerprint density at radius 1 is 1.12 bits per heavy atom. The molecule has 0 amide bonds. The summed E-state index contributed by atoms with van der Waals surface area (Å²) in [6, 6.07) is 8.55. The van der Waals surface area contributed by atoms with Gasteiger partial charge in [-0.1, -0.05) is 25.0 Å². The number of hydrogen-bond donors (Lipinski definition) is 0. The van der Waals surface area contributed by atoms with Gasteiger partial charge in [-0.3, -0.25) is 4.79 Å². The summed E-state index contributed by atoms with van der Waals surface area (Å²) in [5.41, 5.74) is 1.31. The van der Waals surface area contributed by atoms with E-state index in [9.17, 15) is 4.79 Å². The van der Waals surface area contributed by atoms with E-state index in [1.807, 2.05) is 0 Å². The smallest absolute Gasteiger partial charge is 0.136 e. The lowest BCUT2D eigenvalue weighted by molar-refractivity contribution is -0.122. The molecule has 1 fully saturated rings. The first-order valence-corrected chi connectivity index (χ1v) is 7.11. The Balaban J connectivity index is 2.02. The first kappa shape index (κ1) is 12.1. The lowest BCUT2D eigenvalue weighted by Gasteiger charge is -2.12. The molecule has 0 spiro atoms. The quantitative estimate of drug-likeness (QED) is 0.593. The van der Waals surface area contributed by atoms with Crippen LogP contribution >= 0.6 is 22.6 Å². The average Bonchev–Trinajstić information content (AvgIpc) is 2.48. The van der Waals surface area contributed by atoms with Gasteiger partial charge in [0.15, 0.2) is 0 Å². The van der Waals surface area contributed by atoms with Crippen molar-refractivity contribution in [1.29, 1.82) is 0 Å². The number of benzene rings is 1. The van der Waals surface area contributed by atoms with Gasteiger partial charge in [0.25, 0.3) is 0 Å². The molecule has 1 aliphatic rings. The van der Waals surface area contributed by atoms with Crippen molar-refractivity contribution in [1.82, 2.24) is 0 Å². The molecule has 0 saturated heterocycles. The zero-order chi connectivity index (χ0) is 11.4. The van der Waals surface area contributed by atoms with E-state index >= 15 is 0 Å². The van der Waals surface area contributed by atoms with Crippen LogP contribution in [0.3, 0.4) is 0 Å². The molecule has 0 bridgehead atoms. The zero-order valence-corrected chi connectivity index (χ0v) is 11.6. The summed E-state index contributed by atoms with van der Waals surface area (Å²) in [6.07, 6.45) is 6.38. The molecule has 0 radical (unpaired) electrons. The zero-order valence-electron chi connectivity index (χ0n) is 9.42. The monoisotopic (exact) mass is 328 g/mol. The van der Waals surface area contributed by atoms with Crippen molar-refractivity contribution in [3.8, 4) is 0 Å². The molecular formula is C14H17IO. The number of halogens is 1. The van der Waals surface area contributed by atoms with E-state index in [1.54, 1.807) is 0 Å². The van der Waals surface area contributed by atoms with Gasteiger partial charge in [-0.25, -0.2) is 0 Å². The van der Waals surface area contributed by atoms with Crippen LogP contribution in [0.5, 0.6) is 0 Å². The minimum atomic E-state index is 0.280. The van der Waals surface area contributed by atoms with Gasteiger partial charge in [-0.05, 0) is 59.5 Å². The third kappa shape index (κ3) is 3.30. The van der Waals surface area contributed by atoms with Crippen LogP contribution in [0.2, 0.25) is 0 Å². The third-order valence-corrected chi connectivity index (χ3v) is 4.05. The Morgan fingerprint density at radius 2 is 1.88 bits per heavy atom. The summed E-state index contributed by atoms with van der Waals surface area (Å²) in [6.45, 7) is 0. The summed E-state index contributed by atoms with van der Waals surface area (Å²) in [7, 11) is 0. The predicted octanol–water partition coefficient (Wildman–Crippen LogP) is 3.98. The molecule has 1 unspecified atom stereocenters. The number of carbonyl (C=O) groups excluding carboxylic acids is 1. The Morgan fingerprint density at radius 3 is 2.62 bits per heavy atom. The molecule has 1 aliphatic carbocycles. The summed E-state index contributed by atoms with van der Waals surface area (Å²) < 4.78 is 1.26. The van der Waals surface area contributed by atoms with Gasteiger partial charge in [-0.15, -0.1) is 0 Å². The van der Waals surface area contributed by atoms with E-state index < -0.39 is 0 Å². The highest BCUT2D eigenvalue weighted by Crippen LogP contribution is 2.23. The molecule has 0 N–H and O–H groups in total. The van der Waals surface area contributed by atoms with E-state index in [-0.39, 0.29) is 5.92 Å². The third-order valence-electron chi connectivity index (χ3n) is 3.33. The Kier molecular flexibility index (Phi) is 4.38. The van der Waals surface area contributed by atoms with Gasteiger partial charge in [0.2, 0.25) is 0 Å². The summed E-state index contributed by atoms with van der Waals surface area (Å²) >= 11 is 2.31. The maximum atomic E-state index is 11.9. The summed E-state index contributed by atoms with van der Waals surface area (Å²) in [4.78, 5) is 11.9. The summed E-state index contributed by atoms with van der Waals surface area (Å²) in [5, 5.41) is 0. The second-order valence-corrected chi connectivity index (χ2v) is 5.84. The Labute approximate surface area is 111 Å². The minimum Gasteiger partial charge on any atom is -0.299 e. The molecule has 86 valence electrons. The van der Waals surface area contributed by atoms with E-state index in [0.29, 0.717) is 5.78 Å². The molecule has 0 aliphatic heterocycles. The van der Waals surface area contributed by atoms with Crippen molar-refractivity contribution >= 4 is 28.4 Å². The first-order valence-electron chi connectivity index (χ1n) is 6.03. The molecule has 16 heavy (non-hydrogen) atoms. The highest BCUT2D eigenvalue weighted by molar-refractivity contribution is 14.1. The molecule has 1 aromatic carbocycles. The topological polar surface area (TPSA) is 17.1 Å².